The van der Waals surface area contributed by atoms with Gasteiger partial charge in [-0.05, 0) is 6.07 Å². The quantitative estimate of drug-likeness (QED) is 0.727. The molecule has 0 unspecified atom stereocenters. The molecule has 0 aliphatic rings. The molecule has 0 saturated heterocycles. The predicted molar refractivity (Wildman–Crippen MR) is 73.1 cm³/mol. The molecule has 0 spiro atoms. The van der Waals surface area contributed by atoms with Gasteiger partial charge in [-0.2, -0.15) is 4.98 Å². The predicted octanol–water partition coefficient (Wildman–Crippen LogP) is 3.25. The summed E-state index contributed by atoms with van der Waals surface area (Å²) in [5.41, 5.74) is 1.54. The maximum atomic E-state index is 11.7. The zero-order valence-electron chi connectivity index (χ0n) is 11.3. The summed E-state index contributed by atoms with van der Waals surface area (Å²) in [7, 11) is 0. The van der Waals surface area contributed by atoms with E-state index < -0.39 is 0 Å². The second-order valence-corrected chi connectivity index (χ2v) is 4.96. The van der Waals surface area contributed by atoms with Crippen LogP contribution in [0.4, 0.5) is 0 Å². The number of carbonyl (C=O) groups excluding carboxylic acids is 1. The molecule has 20 heavy (non-hydrogen) atoms. The van der Waals surface area contributed by atoms with E-state index in [0.29, 0.717) is 11.7 Å². The van der Waals surface area contributed by atoms with Crippen molar-refractivity contribution in [2.24, 2.45) is 5.92 Å². The van der Waals surface area contributed by atoms with E-state index >= 15 is 0 Å². The fourth-order valence-electron chi connectivity index (χ4n) is 1.94. The Kier molecular flexibility index (Phi) is 3.10. The molecule has 5 heteroatoms. The van der Waals surface area contributed by atoms with Crippen LogP contribution >= 0.6 is 0 Å². The molecule has 0 aliphatic carbocycles. The lowest BCUT2D eigenvalue weighted by Crippen LogP contribution is -2.10. The van der Waals surface area contributed by atoms with Crippen LogP contribution in [0, 0.1) is 5.92 Å². The van der Waals surface area contributed by atoms with Gasteiger partial charge in [-0.3, -0.25) is 4.79 Å². The molecular weight excluding hydrogens is 256 g/mol. The number of ketones is 1. The summed E-state index contributed by atoms with van der Waals surface area (Å²) in [5.74, 6) is 0.822. The molecule has 2 aromatic heterocycles. The number of para-hydroxylation sites is 1. The number of carbonyl (C=O) groups is 1. The van der Waals surface area contributed by atoms with E-state index in [1.807, 2.05) is 38.1 Å². The number of furan rings is 1. The highest BCUT2D eigenvalue weighted by Gasteiger charge is 2.17. The summed E-state index contributed by atoms with van der Waals surface area (Å²) >= 11 is 0. The van der Waals surface area contributed by atoms with Crippen molar-refractivity contribution in [2.75, 3.05) is 0 Å². The van der Waals surface area contributed by atoms with Crippen LogP contribution in [0.2, 0.25) is 0 Å². The van der Waals surface area contributed by atoms with E-state index in [2.05, 4.69) is 10.1 Å². The highest BCUT2D eigenvalue weighted by Crippen LogP contribution is 2.28. The van der Waals surface area contributed by atoms with E-state index in [0.717, 1.165) is 16.5 Å². The molecule has 0 bridgehead atoms. The number of Topliss-reactive ketones (excluding diaryl/α,β-unsaturated/α-hetero) is 1. The van der Waals surface area contributed by atoms with Crippen molar-refractivity contribution >= 4 is 16.8 Å². The first-order chi connectivity index (χ1) is 9.65. The molecule has 0 amide bonds. The van der Waals surface area contributed by atoms with Gasteiger partial charge < -0.3 is 8.94 Å². The Bertz CT molecular complexity index is 755. The summed E-state index contributed by atoms with van der Waals surface area (Å²) in [4.78, 5) is 15.9. The summed E-state index contributed by atoms with van der Waals surface area (Å²) in [6.45, 7) is 3.70. The molecular formula is C15H14N2O3. The molecule has 0 aliphatic heterocycles. The average molecular weight is 270 g/mol. The molecule has 3 rings (SSSR count). The maximum Gasteiger partial charge on any atom is 0.234 e. The lowest BCUT2D eigenvalue weighted by molar-refractivity contribution is -0.121. The Labute approximate surface area is 115 Å². The highest BCUT2D eigenvalue weighted by atomic mass is 16.5. The van der Waals surface area contributed by atoms with E-state index in [9.17, 15) is 4.79 Å². The largest absolute Gasteiger partial charge is 0.464 e. The van der Waals surface area contributed by atoms with Crippen LogP contribution in [0.25, 0.3) is 22.4 Å². The fourth-order valence-corrected chi connectivity index (χ4v) is 1.94. The minimum absolute atomic E-state index is 0.0416. The number of aromatic nitrogens is 2. The summed E-state index contributed by atoms with van der Waals surface area (Å²) in [5, 5.41) is 4.85. The third-order valence-electron chi connectivity index (χ3n) is 3.16. The second-order valence-electron chi connectivity index (χ2n) is 4.96. The lowest BCUT2D eigenvalue weighted by atomic mass is 10.1. The van der Waals surface area contributed by atoms with Gasteiger partial charge in [-0.1, -0.05) is 37.2 Å². The van der Waals surface area contributed by atoms with E-state index in [1.54, 1.807) is 6.26 Å². The van der Waals surface area contributed by atoms with Gasteiger partial charge in [0.2, 0.25) is 11.7 Å². The van der Waals surface area contributed by atoms with Crippen molar-refractivity contribution in [1.29, 1.82) is 0 Å². The molecule has 0 radical (unpaired) electrons. The van der Waals surface area contributed by atoms with Crippen LogP contribution in [0.1, 0.15) is 19.7 Å². The standard InChI is InChI=1S/C15H14N2O3/c1-9(2)12(18)7-14-16-15(17-20-14)11-8-19-13-6-4-3-5-10(11)13/h3-6,8-9H,7H2,1-2H3. The fraction of sp³-hybridized carbons (Fsp3) is 0.267. The zero-order chi connectivity index (χ0) is 14.1. The Balaban J connectivity index is 1.92. The van der Waals surface area contributed by atoms with Crippen LogP contribution < -0.4 is 0 Å². The smallest absolute Gasteiger partial charge is 0.234 e. The Hall–Kier alpha value is -2.43. The van der Waals surface area contributed by atoms with Gasteiger partial charge >= 0.3 is 0 Å². The molecule has 3 aromatic rings. The topological polar surface area (TPSA) is 69.1 Å². The van der Waals surface area contributed by atoms with E-state index in [4.69, 9.17) is 8.94 Å². The minimum atomic E-state index is -0.0416. The second kappa shape index (κ2) is 4.92. The first kappa shape index (κ1) is 12.6. The summed E-state index contributed by atoms with van der Waals surface area (Å²) in [6.07, 6.45) is 1.77. The SMILES string of the molecule is CC(C)C(=O)Cc1nc(-c2coc3ccccc23)no1. The minimum Gasteiger partial charge on any atom is -0.464 e. The van der Waals surface area contributed by atoms with Crippen LogP contribution in [0.5, 0.6) is 0 Å². The molecule has 0 N–H and O–H groups in total. The van der Waals surface area contributed by atoms with E-state index in [1.165, 1.54) is 0 Å². The van der Waals surface area contributed by atoms with Gasteiger partial charge in [0.05, 0.1) is 12.0 Å². The molecule has 0 atom stereocenters. The molecule has 5 nitrogen and oxygen atoms in total. The Morgan fingerprint density at radius 3 is 2.90 bits per heavy atom. The van der Waals surface area contributed by atoms with Crippen LogP contribution in [-0.2, 0) is 11.2 Å². The van der Waals surface area contributed by atoms with Gasteiger partial charge in [0.15, 0.2) is 0 Å². The van der Waals surface area contributed by atoms with Gasteiger partial charge in [-0.25, -0.2) is 0 Å². The zero-order valence-corrected chi connectivity index (χ0v) is 11.3. The number of hydrogen-bond acceptors (Lipinski definition) is 5. The van der Waals surface area contributed by atoms with Crippen molar-refractivity contribution in [3.05, 3.63) is 36.4 Å². The van der Waals surface area contributed by atoms with Gasteiger partial charge in [-0.15, -0.1) is 0 Å². The number of rotatable bonds is 4. The number of nitrogens with zero attached hydrogens (tertiary/aromatic N) is 2. The Morgan fingerprint density at radius 2 is 2.10 bits per heavy atom. The van der Waals surface area contributed by atoms with Crippen LogP contribution in [-0.4, -0.2) is 15.9 Å². The normalized spacial score (nSPS) is 11.3. The third-order valence-corrected chi connectivity index (χ3v) is 3.16. The van der Waals surface area contributed by atoms with Crippen molar-refractivity contribution in [1.82, 2.24) is 10.1 Å². The first-order valence-corrected chi connectivity index (χ1v) is 6.47. The van der Waals surface area contributed by atoms with Crippen molar-refractivity contribution in [2.45, 2.75) is 20.3 Å². The van der Waals surface area contributed by atoms with Gasteiger partial charge in [0.25, 0.3) is 0 Å². The maximum absolute atomic E-state index is 11.7. The van der Waals surface area contributed by atoms with E-state index in [-0.39, 0.29) is 18.1 Å². The van der Waals surface area contributed by atoms with Crippen molar-refractivity contribution in [3.63, 3.8) is 0 Å². The van der Waals surface area contributed by atoms with Gasteiger partial charge in [0.1, 0.15) is 17.6 Å². The van der Waals surface area contributed by atoms with Crippen molar-refractivity contribution < 1.29 is 13.7 Å². The average Bonchev–Trinajstić information content (AvgIpc) is 3.04. The molecule has 2 heterocycles. The van der Waals surface area contributed by atoms with Crippen LogP contribution in [0.15, 0.2) is 39.5 Å². The lowest BCUT2D eigenvalue weighted by Gasteiger charge is -1.98. The van der Waals surface area contributed by atoms with Crippen LogP contribution in [0.3, 0.4) is 0 Å². The van der Waals surface area contributed by atoms with Crippen molar-refractivity contribution in [3.8, 4) is 11.4 Å². The third kappa shape index (κ3) is 2.22. The first-order valence-electron chi connectivity index (χ1n) is 6.47. The molecule has 0 fully saturated rings. The molecule has 102 valence electrons. The van der Waals surface area contributed by atoms with Gasteiger partial charge in [0, 0.05) is 11.3 Å². The monoisotopic (exact) mass is 270 g/mol. The highest BCUT2D eigenvalue weighted by molar-refractivity contribution is 5.91. The summed E-state index contributed by atoms with van der Waals surface area (Å²) < 4.78 is 10.6. The number of hydrogen-bond donors (Lipinski definition) is 0. The number of fused-ring (bicyclic) bond motifs is 1. The Morgan fingerprint density at radius 1 is 1.30 bits per heavy atom. The summed E-state index contributed by atoms with van der Waals surface area (Å²) in [6, 6.07) is 7.63. The molecule has 1 aromatic carbocycles. The molecule has 0 saturated carbocycles. The number of benzene rings is 1.